The summed E-state index contributed by atoms with van der Waals surface area (Å²) >= 11 is 5.74. The van der Waals surface area contributed by atoms with Crippen molar-refractivity contribution in [3.05, 3.63) is 52.8 Å². The molecule has 2 rings (SSSR count). The van der Waals surface area contributed by atoms with Gasteiger partial charge in [-0.05, 0) is 24.1 Å². The van der Waals surface area contributed by atoms with Crippen molar-refractivity contribution in [1.29, 1.82) is 0 Å². The lowest BCUT2D eigenvalue weighted by Gasteiger charge is -2.14. The molecule has 0 aliphatic heterocycles. The molecule has 0 saturated carbocycles. The Labute approximate surface area is 110 Å². The Morgan fingerprint density at radius 1 is 1.50 bits per heavy atom. The number of rotatable bonds is 5. The average molecular weight is 268 g/mol. The third-order valence-corrected chi connectivity index (χ3v) is 3.08. The smallest absolute Gasteiger partial charge is 0.141 e. The van der Waals surface area contributed by atoms with Crippen LogP contribution in [-0.2, 0) is 6.54 Å². The minimum absolute atomic E-state index is 0.153. The first-order valence-electron chi connectivity index (χ1n) is 5.87. The highest BCUT2D eigenvalue weighted by Gasteiger charge is 2.11. The maximum Gasteiger partial charge on any atom is 0.141 e. The normalized spacial score (nSPS) is 12.6. The summed E-state index contributed by atoms with van der Waals surface area (Å²) in [7, 11) is 0. The molecule has 0 bridgehead atoms. The van der Waals surface area contributed by atoms with Crippen LogP contribution < -0.4 is 5.32 Å². The molecular formula is C13H15ClFN3. The lowest BCUT2D eigenvalue weighted by atomic mass is 10.1. The molecule has 0 spiro atoms. The molecular weight excluding hydrogens is 253 g/mol. The van der Waals surface area contributed by atoms with Crippen molar-refractivity contribution < 1.29 is 4.39 Å². The quantitative estimate of drug-likeness (QED) is 0.871. The highest BCUT2D eigenvalue weighted by Crippen LogP contribution is 2.17. The van der Waals surface area contributed by atoms with E-state index >= 15 is 0 Å². The summed E-state index contributed by atoms with van der Waals surface area (Å²) in [5, 5.41) is 3.51. The summed E-state index contributed by atoms with van der Waals surface area (Å²) in [6.07, 6.45) is 4.45. The number of hydrogen-bond acceptors (Lipinski definition) is 2. The zero-order chi connectivity index (χ0) is 13.0. The van der Waals surface area contributed by atoms with Gasteiger partial charge >= 0.3 is 0 Å². The molecule has 1 unspecified atom stereocenters. The number of aromatic nitrogens is 2. The molecule has 2 aromatic rings. The van der Waals surface area contributed by atoms with Crippen LogP contribution in [0.2, 0.25) is 5.02 Å². The first-order chi connectivity index (χ1) is 8.70. The number of hydrogen-bond donors (Lipinski definition) is 2. The van der Waals surface area contributed by atoms with Crippen molar-refractivity contribution in [3.63, 3.8) is 0 Å². The number of nitrogens with one attached hydrogen (secondary N) is 2. The molecule has 3 nitrogen and oxygen atoms in total. The number of aromatic amines is 1. The van der Waals surface area contributed by atoms with Crippen LogP contribution >= 0.6 is 11.6 Å². The topological polar surface area (TPSA) is 40.7 Å². The average Bonchev–Trinajstić information content (AvgIpc) is 2.88. The number of imidazole rings is 1. The minimum Gasteiger partial charge on any atom is -0.347 e. The van der Waals surface area contributed by atoms with Gasteiger partial charge in [0.25, 0.3) is 0 Å². The zero-order valence-corrected chi connectivity index (χ0v) is 10.8. The van der Waals surface area contributed by atoms with Gasteiger partial charge in [-0.15, -0.1) is 0 Å². The van der Waals surface area contributed by atoms with E-state index in [1.54, 1.807) is 24.5 Å². The van der Waals surface area contributed by atoms with E-state index < -0.39 is 5.82 Å². The molecule has 96 valence electrons. The monoisotopic (exact) mass is 267 g/mol. The second-order valence-corrected chi connectivity index (χ2v) is 4.47. The van der Waals surface area contributed by atoms with Crippen molar-refractivity contribution >= 4 is 11.6 Å². The van der Waals surface area contributed by atoms with Crippen LogP contribution in [-0.4, -0.2) is 9.97 Å². The predicted molar refractivity (Wildman–Crippen MR) is 69.9 cm³/mol. The Morgan fingerprint density at radius 3 is 2.94 bits per heavy atom. The Morgan fingerprint density at radius 2 is 2.33 bits per heavy atom. The van der Waals surface area contributed by atoms with E-state index in [-0.39, 0.29) is 11.1 Å². The molecule has 0 fully saturated rings. The van der Waals surface area contributed by atoms with Gasteiger partial charge in [0, 0.05) is 18.9 Å². The largest absolute Gasteiger partial charge is 0.347 e. The summed E-state index contributed by atoms with van der Waals surface area (Å²) in [6.45, 7) is 2.71. The number of H-pyrrole nitrogens is 1. The van der Waals surface area contributed by atoms with Gasteiger partial charge in [-0.1, -0.05) is 24.6 Å². The van der Waals surface area contributed by atoms with E-state index in [9.17, 15) is 4.39 Å². The minimum atomic E-state index is -0.390. The van der Waals surface area contributed by atoms with E-state index in [0.29, 0.717) is 6.54 Å². The van der Waals surface area contributed by atoms with E-state index in [2.05, 4.69) is 22.2 Å². The molecule has 18 heavy (non-hydrogen) atoms. The van der Waals surface area contributed by atoms with Crippen LogP contribution in [0.25, 0.3) is 0 Å². The number of benzene rings is 1. The van der Waals surface area contributed by atoms with Crippen molar-refractivity contribution in [3.8, 4) is 0 Å². The van der Waals surface area contributed by atoms with Gasteiger partial charge in [-0.3, -0.25) is 0 Å². The fourth-order valence-corrected chi connectivity index (χ4v) is 2.00. The third kappa shape index (κ3) is 3.09. The highest BCUT2D eigenvalue weighted by molar-refractivity contribution is 6.30. The van der Waals surface area contributed by atoms with Crippen LogP contribution in [0.3, 0.4) is 0 Å². The summed E-state index contributed by atoms with van der Waals surface area (Å²) in [4.78, 5) is 7.31. The Bertz CT molecular complexity index is 499. The standard InChI is InChI=1S/C13H15ClFN3/c1-2-12(13-16-5-6-17-13)18-8-9-3-4-11(15)10(14)7-9/h3-7,12,18H,2,8H2,1H3,(H,16,17). The van der Waals surface area contributed by atoms with E-state index in [1.807, 2.05) is 0 Å². The molecule has 0 amide bonds. The molecule has 5 heteroatoms. The molecule has 1 aromatic carbocycles. The van der Waals surface area contributed by atoms with Crippen LogP contribution in [0, 0.1) is 5.82 Å². The summed E-state index contributed by atoms with van der Waals surface area (Å²) in [6, 6.07) is 4.90. The van der Waals surface area contributed by atoms with Crippen molar-refractivity contribution in [1.82, 2.24) is 15.3 Å². The van der Waals surface area contributed by atoms with E-state index in [1.165, 1.54) is 6.07 Å². The molecule has 1 aromatic heterocycles. The first kappa shape index (κ1) is 13.1. The third-order valence-electron chi connectivity index (χ3n) is 2.79. The van der Waals surface area contributed by atoms with Gasteiger partial charge in [-0.25, -0.2) is 9.37 Å². The Hall–Kier alpha value is -1.39. The molecule has 0 aliphatic carbocycles. The van der Waals surface area contributed by atoms with Gasteiger partial charge < -0.3 is 10.3 Å². The molecule has 0 radical (unpaired) electrons. The second-order valence-electron chi connectivity index (χ2n) is 4.06. The van der Waals surface area contributed by atoms with Crippen LogP contribution in [0.5, 0.6) is 0 Å². The van der Waals surface area contributed by atoms with Gasteiger partial charge in [0.1, 0.15) is 11.6 Å². The van der Waals surface area contributed by atoms with Crippen molar-refractivity contribution in [2.75, 3.05) is 0 Å². The molecule has 1 heterocycles. The molecule has 0 aliphatic rings. The summed E-state index contributed by atoms with van der Waals surface area (Å²) in [5.41, 5.74) is 0.950. The highest BCUT2D eigenvalue weighted by atomic mass is 35.5. The van der Waals surface area contributed by atoms with Crippen LogP contribution in [0.4, 0.5) is 4.39 Å². The van der Waals surface area contributed by atoms with Crippen LogP contribution in [0.1, 0.15) is 30.8 Å². The lowest BCUT2D eigenvalue weighted by Crippen LogP contribution is -2.21. The van der Waals surface area contributed by atoms with Gasteiger partial charge in [0.2, 0.25) is 0 Å². The fourth-order valence-electron chi connectivity index (χ4n) is 1.79. The van der Waals surface area contributed by atoms with Crippen molar-refractivity contribution in [2.24, 2.45) is 0 Å². The number of nitrogens with zero attached hydrogens (tertiary/aromatic N) is 1. The van der Waals surface area contributed by atoms with Gasteiger partial charge in [-0.2, -0.15) is 0 Å². The predicted octanol–water partition coefficient (Wildman–Crippen LogP) is 3.44. The Balaban J connectivity index is 1.99. The van der Waals surface area contributed by atoms with Gasteiger partial charge in [0.15, 0.2) is 0 Å². The maximum atomic E-state index is 13.0. The van der Waals surface area contributed by atoms with E-state index in [4.69, 9.17) is 11.6 Å². The second kappa shape index (κ2) is 5.98. The molecule has 2 N–H and O–H groups in total. The van der Waals surface area contributed by atoms with Gasteiger partial charge in [0.05, 0.1) is 11.1 Å². The fraction of sp³-hybridized carbons (Fsp3) is 0.308. The van der Waals surface area contributed by atoms with Crippen LogP contribution in [0.15, 0.2) is 30.6 Å². The Kier molecular flexibility index (Phi) is 4.33. The number of halogens is 2. The SMILES string of the molecule is CCC(NCc1ccc(F)c(Cl)c1)c1ncc[nH]1. The van der Waals surface area contributed by atoms with Crippen molar-refractivity contribution in [2.45, 2.75) is 25.9 Å². The first-order valence-corrected chi connectivity index (χ1v) is 6.25. The molecule has 0 saturated heterocycles. The maximum absolute atomic E-state index is 13.0. The zero-order valence-electron chi connectivity index (χ0n) is 10.1. The molecule has 1 atom stereocenters. The summed E-state index contributed by atoms with van der Waals surface area (Å²) in [5.74, 6) is 0.518. The lowest BCUT2D eigenvalue weighted by molar-refractivity contribution is 0.497. The summed E-state index contributed by atoms with van der Waals surface area (Å²) < 4.78 is 13.0. The van der Waals surface area contributed by atoms with E-state index in [0.717, 1.165) is 17.8 Å².